The van der Waals surface area contributed by atoms with Crippen LogP contribution in [0.3, 0.4) is 0 Å². The maximum Gasteiger partial charge on any atom is 0.573 e. The summed E-state index contributed by atoms with van der Waals surface area (Å²) in [6, 6.07) is 11.4. The van der Waals surface area contributed by atoms with E-state index in [2.05, 4.69) is 10.1 Å². The molecule has 7 heteroatoms. The van der Waals surface area contributed by atoms with E-state index in [0.717, 1.165) is 5.56 Å². The SMILES string of the molecule is COc1ccc(OC)c(CNCc2ccccc2OC(F)(F)F)c1. The fraction of sp³-hybridized carbons (Fsp3) is 0.294. The van der Waals surface area contributed by atoms with Gasteiger partial charge in [0.05, 0.1) is 14.2 Å². The van der Waals surface area contributed by atoms with Crippen molar-refractivity contribution in [3.05, 3.63) is 53.6 Å². The van der Waals surface area contributed by atoms with E-state index < -0.39 is 6.36 Å². The van der Waals surface area contributed by atoms with Gasteiger partial charge in [0.1, 0.15) is 17.2 Å². The Labute approximate surface area is 138 Å². The number of benzene rings is 2. The first-order chi connectivity index (χ1) is 11.4. The molecule has 2 rings (SSSR count). The van der Waals surface area contributed by atoms with Crippen molar-refractivity contribution in [3.8, 4) is 17.2 Å². The number of hydrogen-bond acceptors (Lipinski definition) is 4. The molecule has 0 unspecified atom stereocenters. The fourth-order valence-electron chi connectivity index (χ4n) is 2.23. The summed E-state index contributed by atoms with van der Waals surface area (Å²) in [4.78, 5) is 0. The van der Waals surface area contributed by atoms with E-state index in [9.17, 15) is 13.2 Å². The lowest BCUT2D eigenvalue weighted by atomic mass is 10.1. The molecule has 0 saturated carbocycles. The maximum atomic E-state index is 12.4. The molecule has 0 bridgehead atoms. The lowest BCUT2D eigenvalue weighted by molar-refractivity contribution is -0.274. The van der Waals surface area contributed by atoms with Crippen LogP contribution in [0, 0.1) is 0 Å². The largest absolute Gasteiger partial charge is 0.573 e. The molecule has 0 aliphatic rings. The second kappa shape index (κ2) is 7.92. The van der Waals surface area contributed by atoms with Crippen LogP contribution in [0.5, 0.6) is 17.2 Å². The Morgan fingerprint density at radius 1 is 0.875 bits per heavy atom. The smallest absolute Gasteiger partial charge is 0.497 e. The van der Waals surface area contributed by atoms with Crippen LogP contribution < -0.4 is 19.5 Å². The Hall–Kier alpha value is -2.41. The van der Waals surface area contributed by atoms with E-state index in [1.807, 2.05) is 6.07 Å². The number of rotatable bonds is 7. The van der Waals surface area contributed by atoms with Gasteiger partial charge in [0.2, 0.25) is 0 Å². The first-order valence-corrected chi connectivity index (χ1v) is 7.18. The van der Waals surface area contributed by atoms with E-state index in [1.54, 1.807) is 38.5 Å². The Morgan fingerprint density at radius 2 is 1.58 bits per heavy atom. The predicted octanol–water partition coefficient (Wildman–Crippen LogP) is 3.89. The molecule has 0 atom stereocenters. The van der Waals surface area contributed by atoms with E-state index in [0.29, 0.717) is 23.6 Å². The minimum Gasteiger partial charge on any atom is -0.497 e. The zero-order valence-corrected chi connectivity index (χ0v) is 13.3. The molecular formula is C17H18F3NO3. The Kier molecular flexibility index (Phi) is 5.92. The van der Waals surface area contributed by atoms with Crippen LogP contribution in [0.4, 0.5) is 13.2 Å². The molecule has 0 amide bonds. The monoisotopic (exact) mass is 341 g/mol. The number of ether oxygens (including phenoxy) is 3. The van der Waals surface area contributed by atoms with E-state index in [-0.39, 0.29) is 12.3 Å². The zero-order chi connectivity index (χ0) is 17.6. The van der Waals surface area contributed by atoms with Crippen LogP contribution in [0.1, 0.15) is 11.1 Å². The first-order valence-electron chi connectivity index (χ1n) is 7.18. The highest BCUT2D eigenvalue weighted by molar-refractivity contribution is 5.40. The van der Waals surface area contributed by atoms with Gasteiger partial charge in [0.15, 0.2) is 0 Å². The average molecular weight is 341 g/mol. The van der Waals surface area contributed by atoms with Crippen molar-refractivity contribution in [2.24, 2.45) is 0 Å². The molecular weight excluding hydrogens is 323 g/mol. The summed E-state index contributed by atoms with van der Waals surface area (Å²) in [5.41, 5.74) is 1.25. The van der Waals surface area contributed by atoms with Crippen molar-refractivity contribution in [2.75, 3.05) is 14.2 Å². The summed E-state index contributed by atoms with van der Waals surface area (Å²) in [5, 5.41) is 3.09. The van der Waals surface area contributed by atoms with Gasteiger partial charge in [-0.15, -0.1) is 13.2 Å². The summed E-state index contributed by atoms with van der Waals surface area (Å²) in [6.07, 6.45) is -4.72. The number of hydrogen-bond donors (Lipinski definition) is 1. The van der Waals surface area contributed by atoms with Crippen molar-refractivity contribution in [3.63, 3.8) is 0 Å². The molecule has 0 radical (unpaired) electrons. The molecule has 0 fully saturated rings. The van der Waals surface area contributed by atoms with Crippen molar-refractivity contribution >= 4 is 0 Å². The van der Waals surface area contributed by atoms with Crippen LogP contribution in [-0.2, 0) is 13.1 Å². The van der Waals surface area contributed by atoms with Gasteiger partial charge < -0.3 is 19.5 Å². The molecule has 0 aromatic heterocycles. The number of para-hydroxylation sites is 1. The highest BCUT2D eigenvalue weighted by Crippen LogP contribution is 2.27. The molecule has 0 aliphatic heterocycles. The summed E-state index contributed by atoms with van der Waals surface area (Å²) in [6.45, 7) is 0.618. The van der Waals surface area contributed by atoms with Gasteiger partial charge in [-0.1, -0.05) is 18.2 Å². The standard InChI is InChI=1S/C17H18F3NO3/c1-22-14-7-8-15(23-2)13(9-14)11-21-10-12-5-3-4-6-16(12)24-17(18,19)20/h3-9,21H,10-11H2,1-2H3. The maximum absolute atomic E-state index is 12.4. The third-order valence-corrected chi connectivity index (χ3v) is 3.32. The summed E-state index contributed by atoms with van der Waals surface area (Å²) >= 11 is 0. The highest BCUT2D eigenvalue weighted by Gasteiger charge is 2.31. The van der Waals surface area contributed by atoms with Gasteiger partial charge in [0.25, 0.3) is 0 Å². The second-order valence-corrected chi connectivity index (χ2v) is 4.94. The normalized spacial score (nSPS) is 11.2. The summed E-state index contributed by atoms with van der Waals surface area (Å²) in [7, 11) is 3.11. The molecule has 24 heavy (non-hydrogen) atoms. The molecule has 0 spiro atoms. The van der Waals surface area contributed by atoms with Gasteiger partial charge in [-0.25, -0.2) is 0 Å². The van der Waals surface area contributed by atoms with Crippen LogP contribution in [-0.4, -0.2) is 20.6 Å². The molecule has 130 valence electrons. The number of methoxy groups -OCH3 is 2. The number of alkyl halides is 3. The van der Waals surface area contributed by atoms with E-state index in [1.165, 1.54) is 12.1 Å². The molecule has 2 aromatic carbocycles. The third-order valence-electron chi connectivity index (χ3n) is 3.32. The molecule has 0 heterocycles. The van der Waals surface area contributed by atoms with E-state index >= 15 is 0 Å². The lowest BCUT2D eigenvalue weighted by Crippen LogP contribution is -2.20. The fourth-order valence-corrected chi connectivity index (χ4v) is 2.23. The van der Waals surface area contributed by atoms with Crippen LogP contribution in [0.15, 0.2) is 42.5 Å². The molecule has 0 aliphatic carbocycles. The summed E-state index contributed by atoms with van der Waals surface area (Å²) < 4.78 is 51.7. The average Bonchev–Trinajstić information content (AvgIpc) is 2.55. The van der Waals surface area contributed by atoms with Gasteiger partial charge >= 0.3 is 6.36 Å². The van der Waals surface area contributed by atoms with Crippen LogP contribution >= 0.6 is 0 Å². The highest BCUT2D eigenvalue weighted by atomic mass is 19.4. The van der Waals surface area contributed by atoms with Crippen LogP contribution in [0.2, 0.25) is 0 Å². The van der Waals surface area contributed by atoms with Crippen molar-refractivity contribution in [1.82, 2.24) is 5.32 Å². The van der Waals surface area contributed by atoms with Gasteiger partial charge in [0, 0.05) is 24.2 Å². The third kappa shape index (κ3) is 5.06. The van der Waals surface area contributed by atoms with Gasteiger partial charge in [-0.2, -0.15) is 0 Å². The Bertz CT molecular complexity index is 674. The topological polar surface area (TPSA) is 39.7 Å². The Morgan fingerprint density at radius 3 is 2.25 bits per heavy atom. The molecule has 1 N–H and O–H groups in total. The molecule has 2 aromatic rings. The predicted molar refractivity (Wildman–Crippen MR) is 83.2 cm³/mol. The minimum atomic E-state index is -4.72. The first kappa shape index (κ1) is 17.9. The van der Waals surface area contributed by atoms with Gasteiger partial charge in [-0.05, 0) is 24.3 Å². The van der Waals surface area contributed by atoms with Gasteiger partial charge in [-0.3, -0.25) is 0 Å². The molecule has 4 nitrogen and oxygen atoms in total. The second-order valence-electron chi connectivity index (χ2n) is 4.94. The number of halogens is 3. The van der Waals surface area contributed by atoms with Crippen molar-refractivity contribution in [1.29, 1.82) is 0 Å². The van der Waals surface area contributed by atoms with Crippen molar-refractivity contribution < 1.29 is 27.4 Å². The Balaban J connectivity index is 2.05. The quantitative estimate of drug-likeness (QED) is 0.829. The minimum absolute atomic E-state index is 0.213. The summed E-state index contributed by atoms with van der Waals surface area (Å²) in [5.74, 6) is 1.13. The van der Waals surface area contributed by atoms with E-state index in [4.69, 9.17) is 9.47 Å². The van der Waals surface area contributed by atoms with Crippen LogP contribution in [0.25, 0.3) is 0 Å². The zero-order valence-electron chi connectivity index (χ0n) is 13.3. The lowest BCUT2D eigenvalue weighted by Gasteiger charge is -2.14. The number of nitrogens with one attached hydrogen (secondary N) is 1. The van der Waals surface area contributed by atoms with Crippen molar-refractivity contribution in [2.45, 2.75) is 19.5 Å². The molecule has 0 saturated heterocycles.